The van der Waals surface area contributed by atoms with Gasteiger partial charge < -0.3 is 25.0 Å². The van der Waals surface area contributed by atoms with Gasteiger partial charge in [0.25, 0.3) is 0 Å². The predicted molar refractivity (Wildman–Crippen MR) is 114 cm³/mol. The van der Waals surface area contributed by atoms with Crippen LogP contribution in [0.4, 0.5) is 5.82 Å². The molecule has 152 valence electrons. The summed E-state index contributed by atoms with van der Waals surface area (Å²) >= 11 is 0. The van der Waals surface area contributed by atoms with Gasteiger partial charge in [-0.05, 0) is 38.1 Å². The van der Waals surface area contributed by atoms with Gasteiger partial charge in [0.15, 0.2) is 5.96 Å². The van der Waals surface area contributed by atoms with Gasteiger partial charge in [0, 0.05) is 26.7 Å². The highest BCUT2D eigenvalue weighted by molar-refractivity contribution is 5.79. The first kappa shape index (κ1) is 21.3. The Labute approximate surface area is 167 Å². The zero-order valence-corrected chi connectivity index (χ0v) is 17.4. The van der Waals surface area contributed by atoms with Crippen LogP contribution in [0, 0.1) is 0 Å². The molecule has 7 nitrogen and oxygen atoms in total. The van der Waals surface area contributed by atoms with Gasteiger partial charge in [-0.15, -0.1) is 0 Å². The maximum atomic E-state index is 5.95. The summed E-state index contributed by atoms with van der Waals surface area (Å²) in [6.07, 6.45) is -0.0360. The molecule has 1 unspecified atom stereocenters. The maximum absolute atomic E-state index is 5.95. The van der Waals surface area contributed by atoms with E-state index in [1.54, 1.807) is 7.11 Å². The van der Waals surface area contributed by atoms with E-state index in [2.05, 4.69) is 20.6 Å². The topological polar surface area (TPSA) is 71.0 Å². The lowest BCUT2D eigenvalue weighted by Crippen LogP contribution is -2.41. The van der Waals surface area contributed by atoms with Crippen LogP contribution in [0.25, 0.3) is 0 Å². The summed E-state index contributed by atoms with van der Waals surface area (Å²) in [6, 6.07) is 13.6. The van der Waals surface area contributed by atoms with Crippen molar-refractivity contribution >= 4 is 11.8 Å². The highest BCUT2D eigenvalue weighted by Gasteiger charge is 2.07. The molecule has 0 bridgehead atoms. The van der Waals surface area contributed by atoms with Crippen LogP contribution in [0.2, 0.25) is 0 Å². The lowest BCUT2D eigenvalue weighted by molar-refractivity contribution is 0.223. The molecule has 2 aromatic rings. The number of rotatable bonds is 9. The second kappa shape index (κ2) is 11.0. The number of hydrogen-bond acceptors (Lipinski definition) is 5. The average molecular weight is 386 g/mol. The van der Waals surface area contributed by atoms with Gasteiger partial charge in [-0.3, -0.25) is 0 Å². The van der Waals surface area contributed by atoms with Crippen LogP contribution in [0.3, 0.4) is 0 Å². The van der Waals surface area contributed by atoms with Gasteiger partial charge >= 0.3 is 0 Å². The molecule has 0 saturated heterocycles. The summed E-state index contributed by atoms with van der Waals surface area (Å²) in [5.74, 6) is 3.21. The van der Waals surface area contributed by atoms with Crippen LogP contribution >= 0.6 is 0 Å². The Hall–Kier alpha value is -2.96. The number of pyridine rings is 1. The van der Waals surface area contributed by atoms with Gasteiger partial charge in [0.2, 0.25) is 0 Å². The summed E-state index contributed by atoms with van der Waals surface area (Å²) in [7, 11) is 5.60. The van der Waals surface area contributed by atoms with E-state index in [9.17, 15) is 0 Å². The van der Waals surface area contributed by atoms with E-state index in [0.717, 1.165) is 35.5 Å². The van der Waals surface area contributed by atoms with Crippen LogP contribution in [0.1, 0.15) is 19.5 Å². The number of guanidine groups is 1. The highest BCUT2D eigenvalue weighted by atomic mass is 16.5. The number of ether oxygens (including phenoxy) is 2. The number of nitrogens with zero attached hydrogens (tertiary/aromatic N) is 3. The quantitative estimate of drug-likeness (QED) is 0.511. The van der Waals surface area contributed by atoms with Crippen LogP contribution < -0.4 is 25.0 Å². The largest absolute Gasteiger partial charge is 0.497 e. The Morgan fingerprint density at radius 3 is 2.61 bits per heavy atom. The number of hydrogen-bond donors (Lipinski definition) is 2. The van der Waals surface area contributed by atoms with Gasteiger partial charge in [-0.1, -0.05) is 12.1 Å². The fourth-order valence-electron chi connectivity index (χ4n) is 2.49. The number of aromatic nitrogens is 1. The number of aliphatic imine (C=N–C) groups is 1. The van der Waals surface area contributed by atoms with Crippen molar-refractivity contribution in [1.82, 2.24) is 15.6 Å². The first-order chi connectivity index (χ1) is 13.5. The van der Waals surface area contributed by atoms with Crippen molar-refractivity contribution in [3.63, 3.8) is 0 Å². The second-order valence-corrected chi connectivity index (χ2v) is 6.57. The van der Waals surface area contributed by atoms with Crippen molar-refractivity contribution in [3.8, 4) is 11.5 Å². The highest BCUT2D eigenvalue weighted by Crippen LogP contribution is 2.19. The molecule has 7 heteroatoms. The monoisotopic (exact) mass is 385 g/mol. The normalized spacial score (nSPS) is 12.2. The molecule has 0 aliphatic rings. The van der Waals surface area contributed by atoms with Crippen molar-refractivity contribution in [2.75, 3.05) is 39.2 Å². The van der Waals surface area contributed by atoms with Crippen LogP contribution in [-0.4, -0.2) is 51.3 Å². The molecular formula is C21H31N5O2. The molecule has 2 rings (SSSR count). The number of methoxy groups -OCH3 is 1. The lowest BCUT2D eigenvalue weighted by Gasteiger charge is -2.18. The van der Waals surface area contributed by atoms with Crippen LogP contribution in [-0.2, 0) is 6.54 Å². The van der Waals surface area contributed by atoms with E-state index in [1.165, 1.54) is 0 Å². The summed E-state index contributed by atoms with van der Waals surface area (Å²) in [4.78, 5) is 11.2. The third-order valence-corrected chi connectivity index (χ3v) is 3.93. The molecule has 0 spiro atoms. The predicted octanol–water partition coefficient (Wildman–Crippen LogP) is 2.68. The fourth-order valence-corrected chi connectivity index (χ4v) is 2.49. The van der Waals surface area contributed by atoms with Gasteiger partial charge in [-0.25, -0.2) is 9.98 Å². The van der Waals surface area contributed by atoms with Crippen LogP contribution in [0.15, 0.2) is 47.5 Å². The molecule has 1 atom stereocenters. The number of nitrogens with one attached hydrogen (secondary N) is 2. The molecule has 0 saturated carbocycles. The van der Waals surface area contributed by atoms with Crippen LogP contribution in [0.5, 0.6) is 11.5 Å². The molecule has 0 aliphatic carbocycles. The minimum atomic E-state index is -0.0360. The second-order valence-electron chi connectivity index (χ2n) is 6.57. The molecule has 0 amide bonds. The van der Waals surface area contributed by atoms with E-state index < -0.39 is 0 Å². The van der Waals surface area contributed by atoms with Crippen molar-refractivity contribution in [1.29, 1.82) is 0 Å². The van der Waals surface area contributed by atoms with Crippen molar-refractivity contribution in [2.24, 2.45) is 4.99 Å². The summed E-state index contributed by atoms with van der Waals surface area (Å²) < 4.78 is 11.2. The first-order valence-corrected chi connectivity index (χ1v) is 9.48. The fraction of sp³-hybridized carbons (Fsp3) is 0.429. The average Bonchev–Trinajstić information content (AvgIpc) is 2.70. The Morgan fingerprint density at radius 1 is 1.14 bits per heavy atom. The smallest absolute Gasteiger partial charge is 0.191 e. The van der Waals surface area contributed by atoms with Crippen molar-refractivity contribution < 1.29 is 9.47 Å². The molecule has 0 fully saturated rings. The Bertz CT molecular complexity index is 764. The zero-order valence-electron chi connectivity index (χ0n) is 17.4. The summed E-state index contributed by atoms with van der Waals surface area (Å²) in [5.41, 5.74) is 0.920. The lowest BCUT2D eigenvalue weighted by atomic mass is 10.3. The maximum Gasteiger partial charge on any atom is 0.191 e. The van der Waals surface area contributed by atoms with E-state index >= 15 is 0 Å². The zero-order chi connectivity index (χ0) is 20.4. The Kier molecular flexibility index (Phi) is 8.39. The van der Waals surface area contributed by atoms with E-state index in [4.69, 9.17) is 9.47 Å². The molecule has 28 heavy (non-hydrogen) atoms. The molecule has 1 aromatic carbocycles. The third-order valence-electron chi connectivity index (χ3n) is 3.93. The minimum Gasteiger partial charge on any atom is -0.497 e. The van der Waals surface area contributed by atoms with E-state index in [1.807, 2.05) is 75.3 Å². The molecule has 1 heterocycles. The van der Waals surface area contributed by atoms with Crippen molar-refractivity contribution in [3.05, 3.63) is 48.2 Å². The molecule has 0 radical (unpaired) electrons. The van der Waals surface area contributed by atoms with Gasteiger partial charge in [0.05, 0.1) is 25.9 Å². The van der Waals surface area contributed by atoms with E-state index in [0.29, 0.717) is 13.1 Å². The van der Waals surface area contributed by atoms with Gasteiger partial charge in [0.1, 0.15) is 23.4 Å². The molecule has 1 aromatic heterocycles. The molecule has 0 aliphatic heterocycles. The standard InChI is InChI=1S/C21H31N5O2/c1-6-22-21(24-15-17-9-7-12-20(25-17)26(3)4)23-14-16(2)28-19-11-8-10-18(13-19)27-5/h7-13,16H,6,14-15H2,1-5H3,(H2,22,23,24). The Balaban J connectivity index is 1.92. The number of benzene rings is 1. The minimum absolute atomic E-state index is 0.0360. The summed E-state index contributed by atoms with van der Waals surface area (Å²) in [6.45, 7) is 5.95. The number of anilines is 1. The molecular weight excluding hydrogens is 354 g/mol. The first-order valence-electron chi connectivity index (χ1n) is 9.48. The molecule has 2 N–H and O–H groups in total. The van der Waals surface area contributed by atoms with E-state index in [-0.39, 0.29) is 6.10 Å². The SMILES string of the molecule is CCNC(=NCc1cccc(N(C)C)n1)NCC(C)Oc1cccc(OC)c1. The summed E-state index contributed by atoms with van der Waals surface area (Å²) in [5, 5.41) is 6.57. The third kappa shape index (κ3) is 6.98. The van der Waals surface area contributed by atoms with Crippen molar-refractivity contribution in [2.45, 2.75) is 26.5 Å². The van der Waals surface area contributed by atoms with Gasteiger partial charge in [-0.2, -0.15) is 0 Å². The Morgan fingerprint density at radius 2 is 1.89 bits per heavy atom.